The van der Waals surface area contributed by atoms with Crippen LogP contribution in [0.3, 0.4) is 0 Å². The maximum absolute atomic E-state index is 14.0. The second-order valence-electron chi connectivity index (χ2n) is 24.7. The minimum absolute atomic E-state index is 0.00862. The lowest BCUT2D eigenvalue weighted by atomic mass is 9.82. The van der Waals surface area contributed by atoms with Crippen LogP contribution in [0.4, 0.5) is 0 Å². The van der Waals surface area contributed by atoms with E-state index in [0.717, 1.165) is 0 Å². The molecule has 6 unspecified atom stereocenters. The zero-order valence-corrected chi connectivity index (χ0v) is 54.3. The first-order valence-corrected chi connectivity index (χ1v) is 32.7. The molecule has 32 heteroatoms. The molecule has 0 radical (unpaired) electrons. The van der Waals surface area contributed by atoms with Crippen molar-refractivity contribution >= 4 is 47.1 Å². The number of carbonyl (C=O) groups excluding carboxylic acids is 8. The number of hydrogen-bond donors (Lipinski definition) is 16. The molecule has 7 amide bonds. The van der Waals surface area contributed by atoms with Crippen LogP contribution in [-0.2, 0) is 71.5 Å². The number of likely N-dealkylation sites (tertiary alicyclic amines) is 1. The van der Waals surface area contributed by atoms with E-state index in [2.05, 4.69) is 31.9 Å². The van der Waals surface area contributed by atoms with Gasteiger partial charge in [0.05, 0.1) is 96.0 Å². The number of unbranched alkanes of at least 4 members (excludes halogenated alkanes) is 1. The highest BCUT2D eigenvalue weighted by Gasteiger charge is 2.45. The van der Waals surface area contributed by atoms with Gasteiger partial charge in [-0.3, -0.25) is 38.4 Å². The highest BCUT2D eigenvalue weighted by molar-refractivity contribution is 5.82. The van der Waals surface area contributed by atoms with Crippen LogP contribution in [0.15, 0.2) is 0 Å². The van der Waals surface area contributed by atoms with Gasteiger partial charge in [-0.2, -0.15) is 0 Å². The summed E-state index contributed by atoms with van der Waals surface area (Å²) in [5, 5.41) is 117. The maximum atomic E-state index is 14.0. The molecular weight excluding hydrogens is 1230 g/mol. The summed E-state index contributed by atoms with van der Waals surface area (Å²) in [5.74, 6) is -4.83. The van der Waals surface area contributed by atoms with Gasteiger partial charge in [0.1, 0.15) is 42.4 Å². The van der Waals surface area contributed by atoms with Gasteiger partial charge < -0.3 is 121 Å². The molecule has 0 bridgehead atoms. The van der Waals surface area contributed by atoms with Gasteiger partial charge >= 0.3 is 0 Å². The molecule has 4 fully saturated rings. The zero-order chi connectivity index (χ0) is 68.6. The Kier molecular flexibility index (Phi) is 37.1. The van der Waals surface area contributed by atoms with Gasteiger partial charge in [0, 0.05) is 108 Å². The summed E-state index contributed by atoms with van der Waals surface area (Å²) >= 11 is 0. The summed E-state index contributed by atoms with van der Waals surface area (Å²) in [6, 6.07) is -0.333. The molecule has 93 heavy (non-hydrogen) atoms. The second-order valence-corrected chi connectivity index (χ2v) is 24.7. The monoisotopic (exact) mass is 1340 g/mol. The molecule has 0 aromatic heterocycles. The molecule has 4 saturated heterocycles. The Bertz CT molecular complexity index is 2080. The van der Waals surface area contributed by atoms with Gasteiger partial charge in [-0.25, -0.2) is 0 Å². The smallest absolute Gasteiger partial charge is 0.223 e. The predicted octanol–water partition coefficient (Wildman–Crippen LogP) is -4.49. The molecule has 4 heterocycles. The predicted molar refractivity (Wildman–Crippen MR) is 326 cm³/mol. The highest BCUT2D eigenvalue weighted by Crippen LogP contribution is 2.31. The fourth-order valence-electron chi connectivity index (χ4n) is 11.5. The Balaban J connectivity index is 1.35. The Morgan fingerprint density at radius 1 is 0.452 bits per heavy atom. The molecule has 32 nitrogen and oxygen atoms in total. The number of β-amino-alcohol motifs (C(OH)–C–C–N with tert-alkyl or cyclic N) is 1. The normalized spacial score (nSPS) is 29.4. The summed E-state index contributed by atoms with van der Waals surface area (Å²) in [7, 11) is 1.49. The van der Waals surface area contributed by atoms with Crippen LogP contribution >= 0.6 is 0 Å². The van der Waals surface area contributed by atoms with Crippen LogP contribution in [-0.4, -0.2) is 287 Å². The Morgan fingerprint density at radius 3 is 1.22 bits per heavy atom. The summed E-state index contributed by atoms with van der Waals surface area (Å²) in [6.07, 6.45) is -13.2. The standard InChI is InChI=1S/C61H107N7O25/c1-36-52(81)55(84)42(32-69)91-58(36)88-27-16-47(76)62-22-6-5-10-40(72)13-19-61(67-50(79)11-7-12-51(80)68-31-41(73)30-39(68)35-87-4,20-14-45(74)63-23-8-25-65-48(77)17-28-89-59-37(2)53(82)56(85)43(33-70)92-59)21-15-46(75)64-24-9-26-66-49(78)18-29-90-60-38(3)54(83)57(86)44(34-71)93-60/h36-39,41-44,52-60,69-71,73,81-86H,5-35H2,1-4H3,(H,62,76)(H,63,74)(H,64,75)(H,65,77)(H,66,78)(H,67,79)/t36?,37?,38?,39-,41+,42?,43?,44?,52+,53+,54+,55-,56-,57-,58+,59+,60+,61?/m0/s1. The number of hydrogen-bond acceptors (Lipinski definition) is 25. The first-order valence-electron chi connectivity index (χ1n) is 32.7. The number of nitrogens with zero attached hydrogens (tertiary/aromatic N) is 1. The van der Waals surface area contributed by atoms with Gasteiger partial charge in [-0.05, 0) is 57.8 Å². The molecular formula is C61H107N7O25. The van der Waals surface area contributed by atoms with Gasteiger partial charge in [-0.1, -0.05) is 20.8 Å². The molecule has 0 spiro atoms. The van der Waals surface area contributed by atoms with Crippen molar-refractivity contribution in [1.29, 1.82) is 0 Å². The topological polar surface area (TPSA) is 479 Å². The Labute approximate surface area is 543 Å². The van der Waals surface area contributed by atoms with E-state index in [1.807, 2.05) is 0 Å². The molecule has 536 valence electrons. The third kappa shape index (κ3) is 27.7. The van der Waals surface area contributed by atoms with Crippen LogP contribution in [0, 0.1) is 17.8 Å². The fraction of sp³-hybridized carbons (Fsp3) is 0.869. The Hall–Kier alpha value is -4.72. The van der Waals surface area contributed by atoms with Crippen molar-refractivity contribution in [1.82, 2.24) is 36.8 Å². The van der Waals surface area contributed by atoms with Gasteiger partial charge in [0.2, 0.25) is 41.4 Å². The molecule has 4 rings (SSSR count). The molecule has 4 aliphatic rings. The fourth-order valence-corrected chi connectivity index (χ4v) is 11.5. The van der Waals surface area contributed by atoms with E-state index >= 15 is 0 Å². The number of Topliss-reactive ketones (excluding diaryl/α,β-unsaturated/α-hetero) is 1. The zero-order valence-electron chi connectivity index (χ0n) is 54.3. The number of ether oxygens (including phenoxy) is 7. The van der Waals surface area contributed by atoms with Crippen molar-refractivity contribution in [2.24, 2.45) is 17.8 Å². The van der Waals surface area contributed by atoms with Gasteiger partial charge in [0.15, 0.2) is 18.9 Å². The third-order valence-electron chi connectivity index (χ3n) is 17.4. The van der Waals surface area contributed by atoms with Crippen molar-refractivity contribution in [2.45, 2.75) is 228 Å². The minimum atomic E-state index is -1.32. The van der Waals surface area contributed by atoms with Crippen LogP contribution in [0.2, 0.25) is 0 Å². The average molecular weight is 1340 g/mol. The third-order valence-corrected chi connectivity index (χ3v) is 17.4. The van der Waals surface area contributed by atoms with Crippen molar-refractivity contribution in [3.8, 4) is 0 Å². The molecule has 16 N–H and O–H groups in total. The van der Waals surface area contributed by atoms with Crippen molar-refractivity contribution in [2.75, 3.05) is 92.6 Å². The molecule has 0 aliphatic carbocycles. The van der Waals surface area contributed by atoms with Crippen LogP contribution in [0.5, 0.6) is 0 Å². The van der Waals surface area contributed by atoms with E-state index in [0.29, 0.717) is 32.1 Å². The second kappa shape index (κ2) is 42.8. The number of amides is 7. The summed E-state index contributed by atoms with van der Waals surface area (Å²) < 4.78 is 38.8. The minimum Gasteiger partial charge on any atom is -0.394 e. The van der Waals surface area contributed by atoms with Gasteiger partial charge in [-0.15, -0.1) is 0 Å². The first kappa shape index (κ1) is 80.7. The van der Waals surface area contributed by atoms with E-state index in [4.69, 9.17) is 33.2 Å². The lowest BCUT2D eigenvalue weighted by Gasteiger charge is -2.40. The number of methoxy groups -OCH3 is 1. The molecule has 0 saturated carbocycles. The van der Waals surface area contributed by atoms with Crippen molar-refractivity contribution in [3.63, 3.8) is 0 Å². The van der Waals surface area contributed by atoms with Crippen molar-refractivity contribution < 1.29 is 123 Å². The largest absolute Gasteiger partial charge is 0.394 e. The van der Waals surface area contributed by atoms with E-state index in [1.54, 1.807) is 20.8 Å². The number of rotatable bonds is 44. The number of nitrogens with one attached hydrogen (secondary N) is 6. The molecule has 0 aromatic rings. The quantitative estimate of drug-likeness (QED) is 0.0256. The first-order chi connectivity index (χ1) is 44.4. The van der Waals surface area contributed by atoms with Crippen molar-refractivity contribution in [3.05, 3.63) is 0 Å². The van der Waals surface area contributed by atoms with Crippen LogP contribution in [0.25, 0.3) is 0 Å². The lowest BCUT2D eigenvalue weighted by molar-refractivity contribution is -0.282. The molecule has 17 atom stereocenters. The number of ketones is 1. The average Bonchev–Trinajstić information content (AvgIpc) is 1.65. The molecule has 0 aromatic carbocycles. The van der Waals surface area contributed by atoms with E-state index in [9.17, 15) is 89.4 Å². The highest BCUT2D eigenvalue weighted by atomic mass is 16.7. The number of aliphatic hydroxyl groups is 10. The SMILES string of the molecule is COC[C@@H]1C[C@@H](O)CN1C(=O)CCCC(=O)NC(CCC(=O)CCCCNC(=O)CCO[C@@H]1OC(CO)[C@H](O)[C@H](O)C1C)(CCC(=O)NCCCNC(=O)CCO[C@@H]1OC(CO)[C@H](O)[C@H](O)C1C)CCC(=O)NCCCNC(=O)CCO[C@@H]1OC(CO)[C@H](O)[C@H](O)C1C. The summed E-state index contributed by atoms with van der Waals surface area (Å²) in [4.78, 5) is 108. The molecule has 4 aliphatic heterocycles. The van der Waals surface area contributed by atoms with E-state index in [1.165, 1.54) is 12.0 Å². The number of aliphatic hydroxyl groups excluding tert-OH is 10. The van der Waals surface area contributed by atoms with Gasteiger partial charge in [0.25, 0.3) is 0 Å². The summed E-state index contributed by atoms with van der Waals surface area (Å²) in [6.45, 7) is 4.12. The Morgan fingerprint density at radius 2 is 0.828 bits per heavy atom. The van der Waals surface area contributed by atoms with E-state index in [-0.39, 0.29) is 185 Å². The lowest BCUT2D eigenvalue weighted by Crippen LogP contribution is -2.55. The van der Waals surface area contributed by atoms with E-state index < -0.39 is 141 Å². The van der Waals surface area contributed by atoms with Crippen LogP contribution in [0.1, 0.15) is 136 Å². The van der Waals surface area contributed by atoms with Crippen LogP contribution < -0.4 is 31.9 Å². The number of carbonyl (C=O) groups is 8. The maximum Gasteiger partial charge on any atom is 0.223 e. The summed E-state index contributed by atoms with van der Waals surface area (Å²) in [5.41, 5.74) is -1.32.